The highest BCUT2D eigenvalue weighted by molar-refractivity contribution is 6.30. The molecule has 2 heterocycles. The molecule has 0 aromatic carbocycles. The molecule has 2 amide bonds. The van der Waals surface area contributed by atoms with Gasteiger partial charge in [-0.3, -0.25) is 14.5 Å². The highest BCUT2D eigenvalue weighted by Crippen LogP contribution is 2.40. The number of carbonyl (C=O) groups excluding carboxylic acids is 3. The van der Waals surface area contributed by atoms with Gasteiger partial charge in [0.15, 0.2) is 12.3 Å². The van der Waals surface area contributed by atoms with Gasteiger partial charge in [0.1, 0.15) is 12.7 Å². The van der Waals surface area contributed by atoms with Crippen LogP contribution in [0.4, 0.5) is 9.18 Å². The smallest absolute Gasteiger partial charge is 0.325 e. The van der Waals surface area contributed by atoms with Crippen molar-refractivity contribution in [3.8, 4) is 11.3 Å². The van der Waals surface area contributed by atoms with Crippen molar-refractivity contribution in [3.05, 3.63) is 12.3 Å². The number of nitrogens with two attached hydrogens (primary N) is 1. The van der Waals surface area contributed by atoms with Gasteiger partial charge >= 0.3 is 18.0 Å². The first kappa shape index (κ1) is 25.9. The lowest BCUT2D eigenvalue weighted by Gasteiger charge is -2.34. The fraction of sp³-hybridized carbons (Fsp3) is 0.667. The highest BCUT2D eigenvalue weighted by Gasteiger charge is 2.62. The summed E-state index contributed by atoms with van der Waals surface area (Å²) in [5.74, 6) is 0.972. The number of amides is 2. The van der Waals surface area contributed by atoms with Crippen LogP contribution >= 0.6 is 11.6 Å². The van der Waals surface area contributed by atoms with Gasteiger partial charge in [-0.25, -0.2) is 9.18 Å². The van der Waals surface area contributed by atoms with Crippen molar-refractivity contribution >= 4 is 29.6 Å². The SMILES string of the molecule is CC(C)CC(=O)OC[C@H]1O[C@@H](N2C=CC(N)NC2=O)[C@@](F)(C#CCl)[C@@H]1OC(=O)CC(C)C. The van der Waals surface area contributed by atoms with Crippen molar-refractivity contribution in [2.75, 3.05) is 6.61 Å². The minimum Gasteiger partial charge on any atom is -0.463 e. The Hall–Kier alpha value is -2.35. The summed E-state index contributed by atoms with van der Waals surface area (Å²) in [6, 6.07) is -0.742. The van der Waals surface area contributed by atoms with Gasteiger partial charge in [0.2, 0.25) is 0 Å². The molecule has 1 fully saturated rings. The first-order valence-electron chi connectivity index (χ1n) is 10.3. The molecule has 3 N–H and O–H groups in total. The van der Waals surface area contributed by atoms with Crippen LogP contribution in [-0.2, 0) is 23.8 Å². The molecule has 11 heteroatoms. The van der Waals surface area contributed by atoms with E-state index in [1.54, 1.807) is 13.8 Å². The number of alkyl halides is 1. The third kappa shape index (κ3) is 6.34. The van der Waals surface area contributed by atoms with E-state index >= 15 is 4.39 Å². The third-order valence-corrected chi connectivity index (χ3v) is 4.80. The number of esters is 2. The minimum absolute atomic E-state index is 0.0182. The molecule has 1 saturated heterocycles. The number of carbonyl (C=O) groups is 3. The normalized spacial score (nSPS) is 29.5. The van der Waals surface area contributed by atoms with Gasteiger partial charge < -0.3 is 25.3 Å². The molecule has 2 aliphatic heterocycles. The van der Waals surface area contributed by atoms with Crippen molar-refractivity contribution in [2.45, 2.75) is 70.8 Å². The van der Waals surface area contributed by atoms with Crippen LogP contribution in [0.15, 0.2) is 12.3 Å². The summed E-state index contributed by atoms with van der Waals surface area (Å²) < 4.78 is 32.6. The Kier molecular flexibility index (Phi) is 8.89. The molecule has 0 spiro atoms. The van der Waals surface area contributed by atoms with Gasteiger partial charge in [0, 0.05) is 24.4 Å². The second-order valence-electron chi connectivity index (χ2n) is 8.53. The van der Waals surface area contributed by atoms with E-state index in [1.165, 1.54) is 12.3 Å². The number of hydrogen-bond donors (Lipinski definition) is 2. The van der Waals surface area contributed by atoms with Crippen molar-refractivity contribution in [2.24, 2.45) is 17.6 Å². The van der Waals surface area contributed by atoms with Crippen LogP contribution < -0.4 is 11.1 Å². The number of urea groups is 1. The summed E-state index contributed by atoms with van der Waals surface area (Å²) in [6.07, 6.45) is -2.41. The van der Waals surface area contributed by atoms with Gasteiger partial charge in [-0.2, -0.15) is 0 Å². The standard InChI is InChI=1S/C21H29ClFN3O6/c1-12(2)9-16(27)30-11-14-18(32-17(28)10-13(3)4)21(23,6-7-22)19(31-14)26-8-5-15(24)25-20(26)29/h5,8,12-15,18-19H,9-11,24H2,1-4H3,(H,25,29)/t14-,15?,18-,19-,21-/m1/s1. The van der Waals surface area contributed by atoms with Crippen LogP contribution in [0.1, 0.15) is 40.5 Å². The Bertz CT molecular complexity index is 811. The predicted molar refractivity (Wildman–Crippen MR) is 113 cm³/mol. The number of rotatable bonds is 8. The van der Waals surface area contributed by atoms with Crippen LogP contribution in [0.25, 0.3) is 0 Å². The van der Waals surface area contributed by atoms with E-state index in [0.717, 1.165) is 4.90 Å². The number of nitrogens with zero attached hydrogens (tertiary/aromatic N) is 1. The summed E-state index contributed by atoms with van der Waals surface area (Å²) in [5.41, 5.74) is 2.94. The maximum Gasteiger partial charge on any atom is 0.325 e. The van der Waals surface area contributed by atoms with Gasteiger partial charge in [-0.1, -0.05) is 27.7 Å². The van der Waals surface area contributed by atoms with E-state index in [2.05, 4.69) is 11.2 Å². The third-order valence-electron chi connectivity index (χ3n) is 4.70. The Labute approximate surface area is 191 Å². The lowest BCUT2D eigenvalue weighted by molar-refractivity contribution is -0.161. The molecule has 1 unspecified atom stereocenters. The van der Waals surface area contributed by atoms with E-state index in [1.807, 2.05) is 19.2 Å². The zero-order chi connectivity index (χ0) is 24.1. The zero-order valence-electron chi connectivity index (χ0n) is 18.5. The molecule has 2 rings (SSSR count). The maximum atomic E-state index is 16.3. The van der Waals surface area contributed by atoms with Gasteiger partial charge in [-0.15, -0.1) is 0 Å². The predicted octanol–water partition coefficient (Wildman–Crippen LogP) is 1.99. The summed E-state index contributed by atoms with van der Waals surface area (Å²) in [6.45, 7) is 6.88. The molecule has 0 aromatic rings. The fourth-order valence-electron chi connectivity index (χ4n) is 3.30. The van der Waals surface area contributed by atoms with Gasteiger partial charge in [0.25, 0.3) is 5.67 Å². The second-order valence-corrected chi connectivity index (χ2v) is 8.72. The topological polar surface area (TPSA) is 120 Å². The summed E-state index contributed by atoms with van der Waals surface area (Å²) in [4.78, 5) is 37.7. The summed E-state index contributed by atoms with van der Waals surface area (Å²) >= 11 is 5.51. The second kappa shape index (κ2) is 11.0. The number of halogens is 2. The molecular weight excluding hydrogens is 445 g/mol. The van der Waals surface area contributed by atoms with Gasteiger partial charge in [0.05, 0.1) is 6.17 Å². The lowest BCUT2D eigenvalue weighted by Crippen LogP contribution is -2.58. The molecular formula is C21H29ClFN3O6. The zero-order valence-corrected chi connectivity index (χ0v) is 19.2. The molecule has 2 aliphatic rings. The van der Waals surface area contributed by atoms with E-state index in [-0.39, 0.29) is 24.7 Å². The molecule has 9 nitrogen and oxygen atoms in total. The first-order chi connectivity index (χ1) is 15.0. The summed E-state index contributed by atoms with van der Waals surface area (Å²) in [5, 5.41) is 4.37. The van der Waals surface area contributed by atoms with Crippen LogP contribution in [0.5, 0.6) is 0 Å². The quantitative estimate of drug-likeness (QED) is 0.408. The van der Waals surface area contributed by atoms with Gasteiger partial charge in [-0.05, 0) is 35.4 Å². The molecule has 178 valence electrons. The van der Waals surface area contributed by atoms with Crippen molar-refractivity contribution < 1.29 is 33.0 Å². The summed E-state index contributed by atoms with van der Waals surface area (Å²) in [7, 11) is 0. The van der Waals surface area contributed by atoms with E-state index < -0.39 is 54.8 Å². The van der Waals surface area contributed by atoms with Crippen LogP contribution in [0.2, 0.25) is 0 Å². The Morgan fingerprint density at radius 1 is 1.31 bits per heavy atom. The minimum atomic E-state index is -2.70. The van der Waals surface area contributed by atoms with E-state index in [0.29, 0.717) is 0 Å². The average molecular weight is 474 g/mol. The number of nitrogens with one attached hydrogen (secondary N) is 1. The van der Waals surface area contributed by atoms with Crippen LogP contribution in [0, 0.1) is 23.1 Å². The monoisotopic (exact) mass is 473 g/mol. The van der Waals surface area contributed by atoms with Crippen LogP contribution in [0.3, 0.4) is 0 Å². The molecule has 0 aliphatic carbocycles. The first-order valence-corrected chi connectivity index (χ1v) is 10.7. The molecule has 5 atom stereocenters. The van der Waals surface area contributed by atoms with Crippen molar-refractivity contribution in [1.82, 2.24) is 10.2 Å². The fourth-order valence-corrected chi connectivity index (χ4v) is 3.45. The van der Waals surface area contributed by atoms with Crippen molar-refractivity contribution in [3.63, 3.8) is 0 Å². The number of ether oxygens (including phenoxy) is 3. The molecule has 0 radical (unpaired) electrons. The van der Waals surface area contributed by atoms with Crippen molar-refractivity contribution in [1.29, 1.82) is 0 Å². The molecule has 0 aromatic heterocycles. The molecule has 0 bridgehead atoms. The maximum absolute atomic E-state index is 16.3. The average Bonchev–Trinajstić information content (AvgIpc) is 2.91. The van der Waals surface area contributed by atoms with E-state index in [9.17, 15) is 14.4 Å². The number of hydrogen-bond acceptors (Lipinski definition) is 7. The Balaban J connectivity index is 2.35. The Morgan fingerprint density at radius 2 is 1.94 bits per heavy atom. The van der Waals surface area contributed by atoms with Crippen LogP contribution in [-0.4, -0.2) is 59.7 Å². The molecule has 0 saturated carbocycles. The highest BCUT2D eigenvalue weighted by atomic mass is 35.5. The largest absolute Gasteiger partial charge is 0.463 e. The lowest BCUT2D eigenvalue weighted by atomic mass is 9.95. The van der Waals surface area contributed by atoms with E-state index in [4.69, 9.17) is 31.5 Å². The molecule has 32 heavy (non-hydrogen) atoms. The Morgan fingerprint density at radius 3 is 2.50 bits per heavy atom.